The Morgan fingerprint density at radius 3 is 1.00 bits per heavy atom. The molecule has 3 nitrogen and oxygen atoms in total. The molecule has 76 valence electrons. The molecule has 0 aromatic heterocycles. The average Bonchev–Trinajstić information content (AvgIpc) is 2.29. The van der Waals surface area contributed by atoms with E-state index >= 15 is 0 Å². The topological polar surface area (TPSA) is 78.1 Å². The molecule has 1 rings (SSSR count). The van der Waals surface area contributed by atoms with Crippen molar-refractivity contribution in [2.75, 3.05) is 21.1 Å². The summed E-state index contributed by atoms with van der Waals surface area (Å²) in [7, 11) is 4.50. The van der Waals surface area contributed by atoms with Crippen LogP contribution in [0.2, 0.25) is 0 Å². The zero-order valence-electron chi connectivity index (χ0n) is 8.72. The Morgan fingerprint density at radius 1 is 0.667 bits per heavy atom. The standard InChI is InChI=1S/C6H10.3CH5N/c1-2-4-6-5-3-1;3*1-2/h1-2H,3-6H2;3*2H2,1H3. The molecule has 0 atom stereocenters. The highest BCUT2D eigenvalue weighted by atomic mass is 14.4. The normalized spacial score (nSPS) is 12.2. The Bertz CT molecular complexity index is 54.8. The van der Waals surface area contributed by atoms with Gasteiger partial charge in [-0.3, -0.25) is 0 Å². The predicted molar refractivity (Wildman–Crippen MR) is 57.9 cm³/mol. The monoisotopic (exact) mass is 175 g/mol. The fourth-order valence-electron chi connectivity index (χ4n) is 0.760. The van der Waals surface area contributed by atoms with E-state index in [1.54, 1.807) is 0 Å². The van der Waals surface area contributed by atoms with E-state index in [4.69, 9.17) is 0 Å². The van der Waals surface area contributed by atoms with E-state index in [-0.39, 0.29) is 0 Å². The molecule has 1 aliphatic carbocycles. The summed E-state index contributed by atoms with van der Waals surface area (Å²) in [6.07, 6.45) is 10.0. The van der Waals surface area contributed by atoms with Gasteiger partial charge >= 0.3 is 0 Å². The van der Waals surface area contributed by atoms with Crippen molar-refractivity contribution in [1.29, 1.82) is 0 Å². The molecule has 0 aliphatic heterocycles. The van der Waals surface area contributed by atoms with Crippen molar-refractivity contribution < 1.29 is 0 Å². The minimum Gasteiger partial charge on any atom is -0.333 e. The fourth-order valence-corrected chi connectivity index (χ4v) is 0.760. The predicted octanol–water partition coefficient (Wildman–Crippen LogP) is 0.841. The van der Waals surface area contributed by atoms with Crippen LogP contribution in [0.5, 0.6) is 0 Å². The summed E-state index contributed by atoms with van der Waals surface area (Å²) >= 11 is 0. The van der Waals surface area contributed by atoms with Crippen LogP contribution in [-0.4, -0.2) is 21.1 Å². The number of rotatable bonds is 0. The van der Waals surface area contributed by atoms with Gasteiger partial charge in [-0.1, -0.05) is 12.2 Å². The van der Waals surface area contributed by atoms with E-state index in [9.17, 15) is 0 Å². The quantitative estimate of drug-likeness (QED) is 0.477. The zero-order valence-corrected chi connectivity index (χ0v) is 8.72. The van der Waals surface area contributed by atoms with E-state index < -0.39 is 0 Å². The van der Waals surface area contributed by atoms with Crippen molar-refractivity contribution in [2.24, 2.45) is 17.2 Å². The van der Waals surface area contributed by atoms with Crippen molar-refractivity contribution >= 4 is 0 Å². The van der Waals surface area contributed by atoms with Crippen molar-refractivity contribution in [3.8, 4) is 0 Å². The lowest BCUT2D eigenvalue weighted by Crippen LogP contribution is -1.77. The molecular formula is C9H25N3. The fraction of sp³-hybridized carbons (Fsp3) is 0.778. The van der Waals surface area contributed by atoms with Crippen LogP contribution in [0.15, 0.2) is 12.2 Å². The highest BCUT2D eigenvalue weighted by Crippen LogP contribution is 2.07. The molecule has 0 radical (unpaired) electrons. The SMILES string of the molecule is C1=CCCCC1.CN.CN.CN. The Hall–Kier alpha value is -0.380. The van der Waals surface area contributed by atoms with Crippen LogP contribution in [0.4, 0.5) is 0 Å². The van der Waals surface area contributed by atoms with Crippen LogP contribution in [0.25, 0.3) is 0 Å². The zero-order chi connectivity index (χ0) is 10.2. The van der Waals surface area contributed by atoms with Gasteiger partial charge in [0, 0.05) is 0 Å². The van der Waals surface area contributed by atoms with Gasteiger partial charge in [-0.2, -0.15) is 0 Å². The molecule has 6 N–H and O–H groups in total. The van der Waals surface area contributed by atoms with Crippen molar-refractivity contribution in [2.45, 2.75) is 25.7 Å². The first-order valence-corrected chi connectivity index (χ1v) is 4.38. The molecule has 0 amide bonds. The number of nitrogens with two attached hydrogens (primary N) is 3. The first-order chi connectivity index (χ1) is 6.00. The van der Waals surface area contributed by atoms with Crippen LogP contribution in [0.3, 0.4) is 0 Å². The van der Waals surface area contributed by atoms with Gasteiger partial charge in [0.15, 0.2) is 0 Å². The molecule has 0 saturated carbocycles. The van der Waals surface area contributed by atoms with Gasteiger partial charge in [-0.25, -0.2) is 0 Å². The Balaban J connectivity index is -0.000000117. The Kier molecular flexibility index (Phi) is 45.7. The molecule has 0 fully saturated rings. The minimum absolute atomic E-state index is 1.32. The maximum absolute atomic E-state index is 4.50. The van der Waals surface area contributed by atoms with Crippen LogP contribution in [0.1, 0.15) is 25.7 Å². The van der Waals surface area contributed by atoms with Gasteiger partial charge in [-0.05, 0) is 46.8 Å². The molecule has 0 heterocycles. The summed E-state index contributed by atoms with van der Waals surface area (Å²) in [5, 5.41) is 0. The second-order valence-electron chi connectivity index (χ2n) is 1.76. The number of hydrogen-bond donors (Lipinski definition) is 3. The van der Waals surface area contributed by atoms with E-state index in [0.29, 0.717) is 0 Å². The van der Waals surface area contributed by atoms with E-state index in [0.717, 1.165) is 0 Å². The molecular weight excluding hydrogens is 150 g/mol. The molecule has 0 aromatic rings. The second kappa shape index (κ2) is 31.1. The van der Waals surface area contributed by atoms with Gasteiger partial charge in [0.2, 0.25) is 0 Å². The molecule has 0 spiro atoms. The molecule has 0 unspecified atom stereocenters. The van der Waals surface area contributed by atoms with Gasteiger partial charge in [-0.15, -0.1) is 0 Å². The molecule has 0 bridgehead atoms. The number of allylic oxidation sites excluding steroid dienone is 2. The molecule has 12 heavy (non-hydrogen) atoms. The number of hydrogen-bond acceptors (Lipinski definition) is 3. The van der Waals surface area contributed by atoms with Crippen molar-refractivity contribution in [3.63, 3.8) is 0 Å². The van der Waals surface area contributed by atoms with Gasteiger partial charge in [0.25, 0.3) is 0 Å². The lowest BCUT2D eigenvalue weighted by atomic mass is 10.1. The maximum Gasteiger partial charge on any atom is -0.0195 e. The largest absolute Gasteiger partial charge is 0.333 e. The van der Waals surface area contributed by atoms with Gasteiger partial charge in [0.1, 0.15) is 0 Å². The summed E-state index contributed by atoms with van der Waals surface area (Å²) in [4.78, 5) is 0. The molecule has 0 saturated heterocycles. The third-order valence-corrected chi connectivity index (χ3v) is 1.16. The molecule has 0 aromatic carbocycles. The highest BCUT2D eigenvalue weighted by Gasteiger charge is 1.87. The van der Waals surface area contributed by atoms with Crippen LogP contribution >= 0.6 is 0 Å². The molecule has 1 aliphatic rings. The third-order valence-electron chi connectivity index (χ3n) is 1.16. The summed E-state index contributed by atoms with van der Waals surface area (Å²) in [5.41, 5.74) is 13.5. The van der Waals surface area contributed by atoms with Gasteiger partial charge < -0.3 is 17.2 Å². The van der Waals surface area contributed by atoms with E-state index in [2.05, 4.69) is 29.4 Å². The average molecular weight is 175 g/mol. The lowest BCUT2D eigenvalue weighted by Gasteiger charge is -1.97. The Morgan fingerprint density at radius 2 is 0.917 bits per heavy atom. The first kappa shape index (κ1) is 17.6. The third kappa shape index (κ3) is 22.6. The summed E-state index contributed by atoms with van der Waals surface area (Å²) in [5.74, 6) is 0. The smallest absolute Gasteiger partial charge is 0.0195 e. The summed E-state index contributed by atoms with van der Waals surface area (Å²) < 4.78 is 0. The van der Waals surface area contributed by atoms with Crippen molar-refractivity contribution in [3.05, 3.63) is 12.2 Å². The van der Waals surface area contributed by atoms with E-state index in [1.807, 2.05) is 0 Å². The van der Waals surface area contributed by atoms with Crippen LogP contribution in [0, 0.1) is 0 Å². The first-order valence-electron chi connectivity index (χ1n) is 4.38. The van der Waals surface area contributed by atoms with Crippen molar-refractivity contribution in [1.82, 2.24) is 0 Å². The minimum atomic E-state index is 1.32. The molecule has 3 heteroatoms. The van der Waals surface area contributed by atoms with Gasteiger partial charge in [0.05, 0.1) is 0 Å². The van der Waals surface area contributed by atoms with Crippen LogP contribution in [-0.2, 0) is 0 Å². The second-order valence-corrected chi connectivity index (χ2v) is 1.76. The van der Waals surface area contributed by atoms with Crippen LogP contribution < -0.4 is 17.2 Å². The maximum atomic E-state index is 4.50. The summed E-state index contributed by atoms with van der Waals surface area (Å²) in [6, 6.07) is 0. The lowest BCUT2D eigenvalue weighted by molar-refractivity contribution is 0.730. The summed E-state index contributed by atoms with van der Waals surface area (Å²) in [6.45, 7) is 0. The highest BCUT2D eigenvalue weighted by molar-refractivity contribution is 4.85. The van der Waals surface area contributed by atoms with E-state index in [1.165, 1.54) is 46.8 Å². The Labute approximate surface area is 77.0 Å².